The Bertz CT molecular complexity index is 531. The lowest BCUT2D eigenvalue weighted by Crippen LogP contribution is -1.89. The van der Waals surface area contributed by atoms with Crippen LogP contribution in [-0.4, -0.2) is 5.12 Å². The van der Waals surface area contributed by atoms with Gasteiger partial charge in [0.1, 0.15) is 0 Å². The Morgan fingerprint density at radius 1 is 1.53 bits per heavy atom. The molecule has 0 radical (unpaired) electrons. The fourth-order valence-electron chi connectivity index (χ4n) is 1.66. The first-order chi connectivity index (χ1) is 7.15. The van der Waals surface area contributed by atoms with Crippen molar-refractivity contribution >= 4 is 50.8 Å². The van der Waals surface area contributed by atoms with Gasteiger partial charge in [-0.05, 0) is 23.4 Å². The van der Waals surface area contributed by atoms with Crippen LogP contribution < -0.4 is 0 Å². The van der Waals surface area contributed by atoms with Crippen molar-refractivity contribution in [3.63, 3.8) is 0 Å². The van der Waals surface area contributed by atoms with Crippen molar-refractivity contribution in [3.8, 4) is 0 Å². The fourth-order valence-corrected chi connectivity index (χ4v) is 3.36. The van der Waals surface area contributed by atoms with Gasteiger partial charge in [0.25, 0.3) is 0 Å². The average Bonchev–Trinajstić information content (AvgIpc) is 2.57. The van der Waals surface area contributed by atoms with Crippen molar-refractivity contribution in [3.05, 3.63) is 33.7 Å². The zero-order valence-electron chi connectivity index (χ0n) is 8.08. The molecule has 1 aromatic carbocycles. The second-order valence-corrected chi connectivity index (χ2v) is 5.02. The molecular formula is C11H9ClOS2. The van der Waals surface area contributed by atoms with Crippen LogP contribution in [0.25, 0.3) is 10.1 Å². The highest BCUT2D eigenvalue weighted by Crippen LogP contribution is 2.36. The van der Waals surface area contributed by atoms with E-state index in [9.17, 15) is 4.79 Å². The summed E-state index contributed by atoms with van der Waals surface area (Å²) in [5.74, 6) is 0. The molecule has 0 spiro atoms. The first kappa shape index (κ1) is 11.0. The maximum absolute atomic E-state index is 11.3. The van der Waals surface area contributed by atoms with Gasteiger partial charge in [-0.15, -0.1) is 11.3 Å². The number of fused-ring (bicyclic) bond motifs is 1. The maximum Gasteiger partial charge on any atom is 0.226 e. The van der Waals surface area contributed by atoms with Crippen LogP contribution >= 0.6 is 35.6 Å². The number of rotatable bonds is 2. The number of benzene rings is 1. The minimum Gasteiger partial charge on any atom is -0.281 e. The monoisotopic (exact) mass is 256 g/mol. The molecule has 78 valence electrons. The molecule has 0 aliphatic carbocycles. The maximum atomic E-state index is 11.3. The SMILES string of the molecule is CCc1c(C(=O)S)sc2c(Cl)cccc12. The number of thiol groups is 1. The second-order valence-electron chi connectivity index (χ2n) is 3.18. The second kappa shape index (κ2) is 4.16. The van der Waals surface area contributed by atoms with Crippen LogP contribution in [0.4, 0.5) is 0 Å². The van der Waals surface area contributed by atoms with Crippen LogP contribution in [0.1, 0.15) is 22.2 Å². The lowest BCUT2D eigenvalue weighted by atomic mass is 10.1. The molecule has 0 atom stereocenters. The Kier molecular flexibility index (Phi) is 3.05. The number of thiophene rings is 1. The van der Waals surface area contributed by atoms with Crippen LogP contribution in [0.5, 0.6) is 0 Å². The van der Waals surface area contributed by atoms with Crippen molar-refractivity contribution < 1.29 is 4.79 Å². The molecule has 0 unspecified atom stereocenters. The molecule has 0 fully saturated rings. The van der Waals surface area contributed by atoms with Gasteiger partial charge in [0, 0.05) is 0 Å². The fraction of sp³-hybridized carbons (Fsp3) is 0.182. The number of halogens is 1. The standard InChI is InChI=1S/C11H9ClOS2/c1-2-6-7-4-3-5-8(12)9(7)15-10(6)11(13)14/h3-5H,2H2,1H3,(H,13,14). The van der Waals surface area contributed by atoms with Crippen LogP contribution in [0.2, 0.25) is 5.02 Å². The summed E-state index contributed by atoms with van der Waals surface area (Å²) in [7, 11) is 0. The Morgan fingerprint density at radius 3 is 2.87 bits per heavy atom. The molecule has 0 bridgehead atoms. The van der Waals surface area contributed by atoms with Gasteiger partial charge in [-0.3, -0.25) is 4.79 Å². The van der Waals surface area contributed by atoms with Crippen LogP contribution in [0, 0.1) is 0 Å². The van der Waals surface area contributed by atoms with E-state index < -0.39 is 0 Å². The lowest BCUT2D eigenvalue weighted by molar-refractivity contribution is 0.109. The molecule has 0 aliphatic rings. The predicted molar refractivity (Wildman–Crippen MR) is 69.5 cm³/mol. The highest BCUT2D eigenvalue weighted by Gasteiger charge is 2.15. The van der Waals surface area contributed by atoms with Gasteiger partial charge in [0.05, 0.1) is 14.6 Å². The summed E-state index contributed by atoms with van der Waals surface area (Å²) in [6.45, 7) is 2.03. The van der Waals surface area contributed by atoms with E-state index in [1.54, 1.807) is 0 Å². The van der Waals surface area contributed by atoms with Gasteiger partial charge in [-0.2, -0.15) is 0 Å². The van der Waals surface area contributed by atoms with Crippen molar-refractivity contribution in [2.24, 2.45) is 0 Å². The summed E-state index contributed by atoms with van der Waals surface area (Å²) < 4.78 is 0.980. The van der Waals surface area contributed by atoms with Crippen molar-refractivity contribution in [2.75, 3.05) is 0 Å². The first-order valence-electron chi connectivity index (χ1n) is 4.58. The zero-order valence-corrected chi connectivity index (χ0v) is 10.5. The van der Waals surface area contributed by atoms with Crippen LogP contribution in [0.15, 0.2) is 18.2 Å². The summed E-state index contributed by atoms with van der Waals surface area (Å²) >= 11 is 11.4. The summed E-state index contributed by atoms with van der Waals surface area (Å²) in [5.41, 5.74) is 1.05. The molecule has 1 nitrogen and oxygen atoms in total. The van der Waals surface area contributed by atoms with Gasteiger partial charge in [-0.25, -0.2) is 0 Å². The number of hydrogen-bond donors (Lipinski definition) is 1. The topological polar surface area (TPSA) is 17.1 Å². The molecule has 2 rings (SSSR count). The third kappa shape index (κ3) is 1.80. The molecule has 0 amide bonds. The van der Waals surface area contributed by atoms with E-state index in [-0.39, 0.29) is 5.12 Å². The van der Waals surface area contributed by atoms with Crippen molar-refractivity contribution in [1.29, 1.82) is 0 Å². The van der Waals surface area contributed by atoms with Crippen molar-refractivity contribution in [1.82, 2.24) is 0 Å². The molecule has 15 heavy (non-hydrogen) atoms. The smallest absolute Gasteiger partial charge is 0.226 e. The van der Waals surface area contributed by atoms with E-state index in [2.05, 4.69) is 12.6 Å². The quantitative estimate of drug-likeness (QED) is 0.798. The number of aryl methyl sites for hydroxylation is 1. The third-order valence-corrected chi connectivity index (χ3v) is 4.40. The summed E-state index contributed by atoms with van der Waals surface area (Å²) in [4.78, 5) is 12.0. The van der Waals surface area contributed by atoms with Gasteiger partial charge in [0.15, 0.2) is 0 Å². The van der Waals surface area contributed by atoms with E-state index in [1.165, 1.54) is 11.3 Å². The highest BCUT2D eigenvalue weighted by molar-refractivity contribution is 7.97. The normalized spacial score (nSPS) is 10.9. The Labute approximate surface area is 102 Å². The van der Waals surface area contributed by atoms with Crippen LogP contribution in [0.3, 0.4) is 0 Å². The Morgan fingerprint density at radius 2 is 2.27 bits per heavy atom. The van der Waals surface area contributed by atoms with E-state index in [4.69, 9.17) is 11.6 Å². The highest BCUT2D eigenvalue weighted by atomic mass is 35.5. The molecule has 1 aromatic heterocycles. The van der Waals surface area contributed by atoms with Gasteiger partial charge in [0.2, 0.25) is 5.12 Å². The van der Waals surface area contributed by atoms with E-state index in [1.807, 2.05) is 25.1 Å². The number of hydrogen-bond acceptors (Lipinski definition) is 2. The number of carbonyl (C=O) groups excluding carboxylic acids is 1. The number of carbonyl (C=O) groups is 1. The molecule has 4 heteroatoms. The summed E-state index contributed by atoms with van der Waals surface area (Å²) in [5, 5.41) is 1.60. The summed E-state index contributed by atoms with van der Waals surface area (Å²) in [6, 6.07) is 5.74. The minimum atomic E-state index is -0.177. The Hall–Kier alpha value is -0.510. The molecule has 0 aliphatic heterocycles. The van der Waals surface area contributed by atoms with E-state index in [0.717, 1.165) is 22.1 Å². The van der Waals surface area contributed by atoms with Gasteiger partial charge in [-0.1, -0.05) is 43.3 Å². The van der Waals surface area contributed by atoms with E-state index in [0.29, 0.717) is 9.90 Å². The molecular weight excluding hydrogens is 248 g/mol. The molecule has 2 aromatic rings. The summed E-state index contributed by atoms with van der Waals surface area (Å²) in [6.07, 6.45) is 0.821. The third-order valence-electron chi connectivity index (χ3n) is 2.32. The van der Waals surface area contributed by atoms with Gasteiger partial charge >= 0.3 is 0 Å². The van der Waals surface area contributed by atoms with Crippen molar-refractivity contribution in [2.45, 2.75) is 13.3 Å². The first-order valence-corrected chi connectivity index (χ1v) is 6.22. The lowest BCUT2D eigenvalue weighted by Gasteiger charge is -1.96. The van der Waals surface area contributed by atoms with Gasteiger partial charge < -0.3 is 0 Å². The molecule has 0 N–H and O–H groups in total. The molecule has 0 saturated heterocycles. The predicted octanol–water partition coefficient (Wildman–Crippen LogP) is 4.19. The van der Waals surface area contributed by atoms with E-state index >= 15 is 0 Å². The Balaban J connectivity index is 2.84. The largest absolute Gasteiger partial charge is 0.281 e. The molecule has 0 saturated carbocycles. The molecule has 1 heterocycles. The average molecular weight is 257 g/mol. The minimum absolute atomic E-state index is 0.177. The zero-order chi connectivity index (χ0) is 11.0. The van der Waals surface area contributed by atoms with Crippen LogP contribution in [-0.2, 0) is 6.42 Å².